The largest absolute Gasteiger partial charge is 0.486 e. The zero-order valence-corrected chi connectivity index (χ0v) is 14.3. The van der Waals surface area contributed by atoms with E-state index in [-0.39, 0.29) is 5.91 Å². The predicted molar refractivity (Wildman–Crippen MR) is 89.5 cm³/mol. The summed E-state index contributed by atoms with van der Waals surface area (Å²) in [5, 5.41) is 5.44. The number of nitrogens with zero attached hydrogens (tertiary/aromatic N) is 1. The van der Waals surface area contributed by atoms with Crippen LogP contribution in [0.1, 0.15) is 40.5 Å². The Morgan fingerprint density at radius 3 is 2.86 bits per heavy atom. The van der Waals surface area contributed by atoms with Crippen molar-refractivity contribution in [2.24, 2.45) is 5.92 Å². The molecule has 22 heavy (non-hydrogen) atoms. The van der Waals surface area contributed by atoms with Gasteiger partial charge in [-0.3, -0.25) is 4.79 Å². The molecular formula is C17H22N2O2S. The zero-order valence-electron chi connectivity index (χ0n) is 13.5. The van der Waals surface area contributed by atoms with E-state index in [1.807, 2.05) is 19.1 Å². The summed E-state index contributed by atoms with van der Waals surface area (Å²) in [4.78, 5) is 16.3. The molecule has 0 aliphatic heterocycles. The summed E-state index contributed by atoms with van der Waals surface area (Å²) >= 11 is 1.44. The molecular weight excluding hydrogens is 296 g/mol. The van der Waals surface area contributed by atoms with E-state index in [2.05, 4.69) is 37.1 Å². The number of hydrogen-bond donors (Lipinski definition) is 1. The maximum absolute atomic E-state index is 11.9. The molecule has 0 saturated carbocycles. The van der Waals surface area contributed by atoms with Crippen molar-refractivity contribution in [3.05, 3.63) is 45.4 Å². The fourth-order valence-corrected chi connectivity index (χ4v) is 2.57. The van der Waals surface area contributed by atoms with Gasteiger partial charge in [-0.1, -0.05) is 26.0 Å². The minimum absolute atomic E-state index is 0.122. The fraction of sp³-hybridized carbons (Fsp3) is 0.412. The Kier molecular flexibility index (Phi) is 5.55. The molecule has 0 aliphatic rings. The van der Waals surface area contributed by atoms with Crippen molar-refractivity contribution in [3.63, 3.8) is 0 Å². The van der Waals surface area contributed by atoms with E-state index < -0.39 is 0 Å². The first kappa shape index (κ1) is 16.5. The van der Waals surface area contributed by atoms with Gasteiger partial charge in [0.2, 0.25) is 0 Å². The van der Waals surface area contributed by atoms with Gasteiger partial charge < -0.3 is 10.1 Å². The highest BCUT2D eigenvalue weighted by Crippen LogP contribution is 2.22. The first-order chi connectivity index (χ1) is 10.5. The summed E-state index contributed by atoms with van der Waals surface area (Å²) in [7, 11) is 0. The van der Waals surface area contributed by atoms with Crippen LogP contribution in [0, 0.1) is 19.8 Å². The van der Waals surface area contributed by atoms with Crippen molar-refractivity contribution >= 4 is 17.2 Å². The Morgan fingerprint density at radius 1 is 1.36 bits per heavy atom. The second-order valence-corrected chi connectivity index (χ2v) is 6.66. The van der Waals surface area contributed by atoms with Crippen LogP contribution in [-0.4, -0.2) is 17.4 Å². The van der Waals surface area contributed by atoms with E-state index in [4.69, 9.17) is 4.74 Å². The van der Waals surface area contributed by atoms with Crippen molar-refractivity contribution in [2.45, 2.75) is 34.3 Å². The van der Waals surface area contributed by atoms with Crippen LogP contribution < -0.4 is 10.1 Å². The topological polar surface area (TPSA) is 51.2 Å². The van der Waals surface area contributed by atoms with Crippen LogP contribution in [0.15, 0.2) is 23.6 Å². The highest BCUT2D eigenvalue weighted by Gasteiger charge is 2.11. The first-order valence-electron chi connectivity index (χ1n) is 7.39. The lowest BCUT2D eigenvalue weighted by Crippen LogP contribution is -2.27. The number of carbonyl (C=O) groups is 1. The molecule has 0 spiro atoms. The quantitative estimate of drug-likeness (QED) is 0.883. The molecule has 118 valence electrons. The van der Waals surface area contributed by atoms with E-state index >= 15 is 0 Å². The van der Waals surface area contributed by atoms with E-state index in [9.17, 15) is 4.79 Å². The van der Waals surface area contributed by atoms with Gasteiger partial charge in [0, 0.05) is 11.9 Å². The summed E-state index contributed by atoms with van der Waals surface area (Å²) in [5.74, 6) is 1.17. The third kappa shape index (κ3) is 4.31. The van der Waals surface area contributed by atoms with Gasteiger partial charge in [-0.05, 0) is 37.0 Å². The minimum Gasteiger partial charge on any atom is -0.486 e. The normalized spacial score (nSPS) is 10.8. The number of hydrogen-bond acceptors (Lipinski definition) is 4. The molecule has 5 heteroatoms. The maximum Gasteiger partial charge on any atom is 0.270 e. The second kappa shape index (κ2) is 7.40. The maximum atomic E-state index is 11.9. The van der Waals surface area contributed by atoms with Crippen LogP contribution in [0.2, 0.25) is 0 Å². The number of ether oxygens (including phenoxy) is 1. The Balaban J connectivity index is 1.95. The zero-order chi connectivity index (χ0) is 16.1. The SMILES string of the molecule is Cc1cccc(OCc2nc(C(=O)NCC(C)C)cs2)c1C. The van der Waals surface area contributed by atoms with E-state index in [0.29, 0.717) is 24.8 Å². The highest BCUT2D eigenvalue weighted by atomic mass is 32.1. The average Bonchev–Trinajstić information content (AvgIpc) is 2.95. The molecule has 0 unspecified atom stereocenters. The van der Waals surface area contributed by atoms with Crippen LogP contribution in [0.4, 0.5) is 0 Å². The van der Waals surface area contributed by atoms with Crippen molar-refractivity contribution in [2.75, 3.05) is 6.54 Å². The van der Waals surface area contributed by atoms with Gasteiger partial charge in [-0.15, -0.1) is 11.3 Å². The molecule has 1 amide bonds. The lowest BCUT2D eigenvalue weighted by molar-refractivity contribution is 0.0944. The Labute approximate surface area is 135 Å². The molecule has 1 aromatic carbocycles. The molecule has 1 aromatic heterocycles. The second-order valence-electron chi connectivity index (χ2n) is 5.72. The van der Waals surface area contributed by atoms with Crippen molar-refractivity contribution in [3.8, 4) is 5.75 Å². The van der Waals surface area contributed by atoms with Gasteiger partial charge in [-0.2, -0.15) is 0 Å². The molecule has 0 fully saturated rings. The number of carbonyl (C=O) groups excluding carboxylic acids is 1. The lowest BCUT2D eigenvalue weighted by Gasteiger charge is -2.09. The Morgan fingerprint density at radius 2 is 2.14 bits per heavy atom. The standard InChI is InChI=1S/C17H22N2O2S/c1-11(2)8-18-17(20)14-10-22-16(19-14)9-21-15-7-5-6-12(3)13(15)4/h5-7,10-11H,8-9H2,1-4H3,(H,18,20). The lowest BCUT2D eigenvalue weighted by atomic mass is 10.1. The van der Waals surface area contributed by atoms with Crippen molar-refractivity contribution in [1.82, 2.24) is 10.3 Å². The molecule has 4 nitrogen and oxygen atoms in total. The Bertz CT molecular complexity index is 650. The molecule has 0 bridgehead atoms. The monoisotopic (exact) mass is 318 g/mol. The number of aryl methyl sites for hydroxylation is 1. The van der Waals surface area contributed by atoms with E-state index in [1.54, 1.807) is 5.38 Å². The fourth-order valence-electron chi connectivity index (χ4n) is 1.89. The molecule has 1 heterocycles. The third-order valence-electron chi connectivity index (χ3n) is 3.36. The molecule has 2 rings (SSSR count). The van der Waals surface area contributed by atoms with Gasteiger partial charge >= 0.3 is 0 Å². The molecule has 0 aliphatic carbocycles. The van der Waals surface area contributed by atoms with Gasteiger partial charge in [0.05, 0.1) is 0 Å². The van der Waals surface area contributed by atoms with Crippen molar-refractivity contribution < 1.29 is 9.53 Å². The van der Waals surface area contributed by atoms with Gasteiger partial charge in [0.1, 0.15) is 23.1 Å². The average molecular weight is 318 g/mol. The molecule has 2 aromatic rings. The summed E-state index contributed by atoms with van der Waals surface area (Å²) in [6.45, 7) is 9.26. The summed E-state index contributed by atoms with van der Waals surface area (Å²) in [5.41, 5.74) is 2.80. The van der Waals surface area contributed by atoms with Gasteiger partial charge in [-0.25, -0.2) is 4.98 Å². The number of thiazole rings is 1. The van der Waals surface area contributed by atoms with E-state index in [1.165, 1.54) is 16.9 Å². The number of rotatable bonds is 6. The third-order valence-corrected chi connectivity index (χ3v) is 4.18. The van der Waals surface area contributed by atoms with Crippen molar-refractivity contribution in [1.29, 1.82) is 0 Å². The molecule has 0 radical (unpaired) electrons. The van der Waals surface area contributed by atoms with E-state index in [0.717, 1.165) is 16.3 Å². The summed E-state index contributed by atoms with van der Waals surface area (Å²) in [6, 6.07) is 5.99. The minimum atomic E-state index is -0.122. The predicted octanol–water partition coefficient (Wildman–Crippen LogP) is 3.72. The van der Waals surface area contributed by atoms with Gasteiger partial charge in [0.25, 0.3) is 5.91 Å². The van der Waals surface area contributed by atoms with Crippen LogP contribution in [0.5, 0.6) is 5.75 Å². The number of aromatic nitrogens is 1. The molecule has 0 saturated heterocycles. The summed E-state index contributed by atoms with van der Waals surface area (Å²) < 4.78 is 5.81. The first-order valence-corrected chi connectivity index (χ1v) is 8.27. The van der Waals surface area contributed by atoms with Crippen LogP contribution in [-0.2, 0) is 6.61 Å². The van der Waals surface area contributed by atoms with Crippen LogP contribution in [0.3, 0.4) is 0 Å². The number of benzene rings is 1. The highest BCUT2D eigenvalue weighted by molar-refractivity contribution is 7.09. The van der Waals surface area contributed by atoms with Crippen LogP contribution in [0.25, 0.3) is 0 Å². The Hall–Kier alpha value is -1.88. The van der Waals surface area contributed by atoms with Crippen LogP contribution >= 0.6 is 11.3 Å². The summed E-state index contributed by atoms with van der Waals surface area (Å²) in [6.07, 6.45) is 0. The molecule has 0 atom stereocenters. The number of nitrogens with one attached hydrogen (secondary N) is 1. The molecule has 1 N–H and O–H groups in total. The van der Waals surface area contributed by atoms with Gasteiger partial charge in [0.15, 0.2) is 0 Å². The smallest absolute Gasteiger partial charge is 0.270 e. The number of amides is 1.